The number of hydrogen-bond donors (Lipinski definition) is 1. The van der Waals surface area contributed by atoms with Crippen LogP contribution in [-0.2, 0) is 10.0 Å². The lowest BCUT2D eigenvalue weighted by molar-refractivity contribution is 0.159. The largest absolute Gasteiger partial charge is 0.371 e. The van der Waals surface area contributed by atoms with Gasteiger partial charge in [0.1, 0.15) is 0 Å². The molecule has 0 saturated carbocycles. The van der Waals surface area contributed by atoms with Crippen LogP contribution in [0.15, 0.2) is 24.3 Å². The topological polar surface area (TPSA) is 73.0 Å². The summed E-state index contributed by atoms with van der Waals surface area (Å²) < 4.78 is 24.8. The third kappa shape index (κ3) is 5.17. The van der Waals surface area contributed by atoms with Crippen LogP contribution in [0.2, 0.25) is 0 Å². The minimum atomic E-state index is -3.14. The zero-order valence-electron chi connectivity index (χ0n) is 17.1. The zero-order chi connectivity index (χ0) is 20.3. The van der Waals surface area contributed by atoms with Gasteiger partial charge in [0.2, 0.25) is 10.0 Å². The number of aryl methyl sites for hydroxylation is 1. The van der Waals surface area contributed by atoms with Crippen LogP contribution in [0.25, 0.3) is 0 Å². The summed E-state index contributed by atoms with van der Waals surface area (Å²) in [5.74, 6) is 0. The minimum Gasteiger partial charge on any atom is -0.371 e. The van der Waals surface area contributed by atoms with Gasteiger partial charge in [-0.15, -0.1) is 0 Å². The lowest BCUT2D eigenvalue weighted by Gasteiger charge is -2.38. The molecule has 2 saturated heterocycles. The van der Waals surface area contributed by atoms with Gasteiger partial charge in [0.25, 0.3) is 0 Å². The van der Waals surface area contributed by atoms with Crippen LogP contribution in [0.3, 0.4) is 0 Å². The number of benzene rings is 1. The monoisotopic (exact) mass is 408 g/mol. The number of sulfonamides is 1. The molecule has 0 radical (unpaired) electrons. The van der Waals surface area contributed by atoms with Gasteiger partial charge in [0, 0.05) is 51.0 Å². The van der Waals surface area contributed by atoms with E-state index >= 15 is 0 Å². The average molecular weight is 409 g/mol. The summed E-state index contributed by atoms with van der Waals surface area (Å²) in [5, 5.41) is 3.17. The second kappa shape index (κ2) is 8.69. The van der Waals surface area contributed by atoms with E-state index in [0.717, 1.165) is 25.9 Å². The van der Waals surface area contributed by atoms with Crippen molar-refractivity contribution in [2.75, 3.05) is 44.4 Å². The molecule has 0 atom stereocenters. The van der Waals surface area contributed by atoms with Crippen molar-refractivity contribution in [3.05, 3.63) is 29.8 Å². The molecule has 1 N–H and O–H groups in total. The van der Waals surface area contributed by atoms with E-state index in [1.54, 1.807) is 4.90 Å². The molecule has 2 aliphatic heterocycles. The highest BCUT2D eigenvalue weighted by Gasteiger charge is 2.30. The maximum absolute atomic E-state index is 12.7. The average Bonchev–Trinajstić information content (AvgIpc) is 2.67. The summed E-state index contributed by atoms with van der Waals surface area (Å²) in [4.78, 5) is 16.8. The molecule has 0 aromatic heterocycles. The van der Waals surface area contributed by atoms with E-state index in [4.69, 9.17) is 0 Å². The molecule has 2 aliphatic rings. The summed E-state index contributed by atoms with van der Waals surface area (Å²) in [6.07, 6.45) is 4.47. The SMILES string of the molecule is Cc1cccc(N2CCC(NC(=O)N(C)C3CCN(S(C)(=O)=O)CC3)CC2)c1. The molecule has 0 spiro atoms. The zero-order valence-corrected chi connectivity index (χ0v) is 17.9. The molecule has 0 unspecified atom stereocenters. The fourth-order valence-corrected chi connectivity index (χ4v) is 4.98. The number of anilines is 1. The van der Waals surface area contributed by atoms with Gasteiger partial charge in [-0.1, -0.05) is 12.1 Å². The van der Waals surface area contributed by atoms with E-state index in [2.05, 4.69) is 41.4 Å². The second-order valence-corrected chi connectivity index (χ2v) is 10.0. The number of carbonyl (C=O) groups excluding carboxylic acids is 1. The number of nitrogens with zero attached hydrogens (tertiary/aromatic N) is 3. The molecule has 156 valence electrons. The Morgan fingerprint density at radius 3 is 2.32 bits per heavy atom. The predicted molar refractivity (Wildman–Crippen MR) is 112 cm³/mol. The van der Waals surface area contributed by atoms with Crippen LogP contribution in [-0.4, -0.2) is 75.2 Å². The van der Waals surface area contributed by atoms with E-state index in [0.29, 0.717) is 25.9 Å². The van der Waals surface area contributed by atoms with Crippen molar-refractivity contribution in [2.45, 2.75) is 44.7 Å². The molecule has 0 bridgehead atoms. The molecule has 3 rings (SSSR count). The first-order valence-corrected chi connectivity index (χ1v) is 11.9. The Morgan fingerprint density at radius 1 is 1.11 bits per heavy atom. The van der Waals surface area contributed by atoms with Crippen LogP contribution in [0.1, 0.15) is 31.2 Å². The standard InChI is InChI=1S/C20H32N4O3S/c1-16-5-4-6-19(15-16)23-11-7-17(8-12-23)21-20(25)22(2)18-9-13-24(14-10-18)28(3,26)27/h4-6,15,17-18H,7-14H2,1-3H3,(H,21,25). The highest BCUT2D eigenvalue weighted by atomic mass is 32.2. The van der Waals surface area contributed by atoms with Gasteiger partial charge in [-0.05, 0) is 50.3 Å². The van der Waals surface area contributed by atoms with Gasteiger partial charge in [0.05, 0.1) is 6.26 Å². The van der Waals surface area contributed by atoms with Crippen molar-refractivity contribution in [1.82, 2.24) is 14.5 Å². The van der Waals surface area contributed by atoms with Gasteiger partial charge in [0.15, 0.2) is 0 Å². The van der Waals surface area contributed by atoms with Crippen molar-refractivity contribution in [2.24, 2.45) is 0 Å². The van der Waals surface area contributed by atoms with E-state index < -0.39 is 10.0 Å². The molecule has 1 aromatic rings. The Hall–Kier alpha value is -1.80. The number of hydrogen-bond acceptors (Lipinski definition) is 4. The number of piperidine rings is 2. The third-order valence-electron chi connectivity index (χ3n) is 5.95. The van der Waals surface area contributed by atoms with Crippen LogP contribution in [0.5, 0.6) is 0 Å². The molecule has 0 aliphatic carbocycles. The van der Waals surface area contributed by atoms with Crippen molar-refractivity contribution >= 4 is 21.7 Å². The maximum Gasteiger partial charge on any atom is 0.317 e. The number of amides is 2. The summed E-state index contributed by atoms with van der Waals surface area (Å²) in [6, 6.07) is 8.76. The summed E-state index contributed by atoms with van der Waals surface area (Å²) in [7, 11) is -1.32. The van der Waals surface area contributed by atoms with Gasteiger partial charge < -0.3 is 15.1 Å². The molecule has 2 heterocycles. The maximum atomic E-state index is 12.7. The van der Waals surface area contributed by atoms with E-state index in [9.17, 15) is 13.2 Å². The van der Waals surface area contributed by atoms with Crippen LogP contribution in [0, 0.1) is 6.92 Å². The van der Waals surface area contributed by atoms with Gasteiger partial charge in [-0.25, -0.2) is 17.5 Å². The van der Waals surface area contributed by atoms with Crippen molar-refractivity contribution in [1.29, 1.82) is 0 Å². The molecule has 8 heteroatoms. The highest BCUT2D eigenvalue weighted by Crippen LogP contribution is 2.22. The van der Waals surface area contributed by atoms with Gasteiger partial charge in [-0.2, -0.15) is 0 Å². The van der Waals surface area contributed by atoms with Crippen LogP contribution < -0.4 is 10.2 Å². The number of rotatable bonds is 4. The minimum absolute atomic E-state index is 0.0492. The first kappa shape index (κ1) is 20.9. The van der Waals surface area contributed by atoms with Crippen molar-refractivity contribution < 1.29 is 13.2 Å². The molecular formula is C20H32N4O3S. The van der Waals surface area contributed by atoms with Crippen molar-refractivity contribution in [3.8, 4) is 0 Å². The Labute approximate surface area is 168 Å². The first-order valence-electron chi connectivity index (χ1n) is 10.0. The second-order valence-electron chi connectivity index (χ2n) is 8.05. The fourth-order valence-electron chi connectivity index (χ4n) is 4.11. The Bertz CT molecular complexity index is 782. The Balaban J connectivity index is 1.45. The van der Waals surface area contributed by atoms with Crippen molar-refractivity contribution in [3.63, 3.8) is 0 Å². The molecule has 2 fully saturated rings. The Kier molecular flexibility index (Phi) is 6.50. The molecule has 2 amide bonds. The number of carbonyl (C=O) groups is 1. The van der Waals surface area contributed by atoms with Gasteiger partial charge >= 0.3 is 6.03 Å². The lowest BCUT2D eigenvalue weighted by Crippen LogP contribution is -2.53. The molecule has 28 heavy (non-hydrogen) atoms. The third-order valence-corrected chi connectivity index (χ3v) is 7.25. The van der Waals surface area contributed by atoms with Gasteiger partial charge in [-0.3, -0.25) is 0 Å². The highest BCUT2D eigenvalue weighted by molar-refractivity contribution is 7.88. The Morgan fingerprint density at radius 2 is 1.75 bits per heavy atom. The van der Waals surface area contributed by atoms with Crippen LogP contribution in [0.4, 0.5) is 10.5 Å². The lowest BCUT2D eigenvalue weighted by atomic mass is 10.0. The summed E-state index contributed by atoms with van der Waals surface area (Å²) in [6.45, 7) is 4.94. The smallest absolute Gasteiger partial charge is 0.317 e. The van der Waals surface area contributed by atoms with Crippen LogP contribution >= 0.6 is 0 Å². The molecular weight excluding hydrogens is 376 g/mol. The summed E-state index contributed by atoms with van der Waals surface area (Å²) >= 11 is 0. The first-order chi connectivity index (χ1) is 13.2. The van der Waals surface area contributed by atoms with E-state index in [1.807, 2.05) is 7.05 Å². The predicted octanol–water partition coefficient (Wildman–Crippen LogP) is 2.03. The molecule has 1 aromatic carbocycles. The number of urea groups is 1. The quantitative estimate of drug-likeness (QED) is 0.827. The van der Waals surface area contributed by atoms with E-state index in [1.165, 1.54) is 21.8 Å². The fraction of sp³-hybridized carbons (Fsp3) is 0.650. The number of nitrogens with one attached hydrogen (secondary N) is 1. The normalized spacial score (nSPS) is 20.2. The van der Waals surface area contributed by atoms with E-state index in [-0.39, 0.29) is 18.1 Å². The summed E-state index contributed by atoms with van der Waals surface area (Å²) in [5.41, 5.74) is 2.51. The molecule has 7 nitrogen and oxygen atoms in total.